The first-order valence-electron chi connectivity index (χ1n) is 7.99. The second-order valence-corrected chi connectivity index (χ2v) is 5.97. The standard InChI is InChI=1S/C19H24NO2/c1-16-9-12-20(15-17(16)2)11-6-10-19(21-13-14-22-19)18-7-4-3-5-8-18/h3-5,7-9,12,15H,6,10-11,13-14H2,1-2H3/q+1. The molecular formula is C19H24NO2+. The fourth-order valence-electron chi connectivity index (χ4n) is 2.97. The van der Waals surface area contributed by atoms with Crippen LogP contribution in [0.25, 0.3) is 0 Å². The van der Waals surface area contributed by atoms with E-state index in [0.717, 1.165) is 24.9 Å². The Morgan fingerprint density at radius 1 is 1.00 bits per heavy atom. The highest BCUT2D eigenvalue weighted by Crippen LogP contribution is 2.35. The minimum Gasteiger partial charge on any atom is -0.343 e. The lowest BCUT2D eigenvalue weighted by atomic mass is 10.0. The van der Waals surface area contributed by atoms with Crippen molar-refractivity contribution in [1.29, 1.82) is 0 Å². The minimum atomic E-state index is -0.554. The number of hydrogen-bond acceptors (Lipinski definition) is 2. The van der Waals surface area contributed by atoms with E-state index in [1.54, 1.807) is 0 Å². The van der Waals surface area contributed by atoms with Gasteiger partial charge in [0.15, 0.2) is 18.2 Å². The lowest BCUT2D eigenvalue weighted by molar-refractivity contribution is -0.698. The van der Waals surface area contributed by atoms with E-state index >= 15 is 0 Å². The Hall–Kier alpha value is -1.71. The Kier molecular flexibility index (Phi) is 4.55. The van der Waals surface area contributed by atoms with Crippen LogP contribution in [0.2, 0.25) is 0 Å². The monoisotopic (exact) mass is 298 g/mol. The summed E-state index contributed by atoms with van der Waals surface area (Å²) in [5, 5.41) is 0. The van der Waals surface area contributed by atoms with Crippen LogP contribution in [0, 0.1) is 13.8 Å². The average Bonchev–Trinajstić information content (AvgIpc) is 3.02. The molecule has 0 radical (unpaired) electrons. The van der Waals surface area contributed by atoms with Crippen LogP contribution in [-0.2, 0) is 21.8 Å². The van der Waals surface area contributed by atoms with Gasteiger partial charge in [0.05, 0.1) is 13.2 Å². The number of rotatable bonds is 5. The van der Waals surface area contributed by atoms with Crippen LogP contribution in [-0.4, -0.2) is 13.2 Å². The molecule has 116 valence electrons. The van der Waals surface area contributed by atoms with Crippen LogP contribution < -0.4 is 4.57 Å². The zero-order valence-corrected chi connectivity index (χ0v) is 13.4. The lowest BCUT2D eigenvalue weighted by Gasteiger charge is -2.27. The summed E-state index contributed by atoms with van der Waals surface area (Å²) in [6.45, 7) is 6.62. The highest BCUT2D eigenvalue weighted by atomic mass is 16.7. The number of benzene rings is 1. The van der Waals surface area contributed by atoms with Crippen LogP contribution in [0.5, 0.6) is 0 Å². The van der Waals surface area contributed by atoms with Gasteiger partial charge in [-0.05, 0) is 19.4 Å². The van der Waals surface area contributed by atoms with E-state index in [4.69, 9.17) is 9.47 Å². The van der Waals surface area contributed by atoms with E-state index in [0.29, 0.717) is 13.2 Å². The summed E-state index contributed by atoms with van der Waals surface area (Å²) >= 11 is 0. The van der Waals surface area contributed by atoms with Gasteiger partial charge in [-0.15, -0.1) is 0 Å². The van der Waals surface area contributed by atoms with Crippen molar-refractivity contribution in [2.45, 2.75) is 39.0 Å². The Morgan fingerprint density at radius 3 is 2.41 bits per heavy atom. The molecule has 22 heavy (non-hydrogen) atoms. The average molecular weight is 298 g/mol. The molecule has 0 spiro atoms. The second kappa shape index (κ2) is 6.59. The maximum Gasteiger partial charge on any atom is 0.195 e. The summed E-state index contributed by atoms with van der Waals surface area (Å²) in [4.78, 5) is 0. The molecule has 3 rings (SSSR count). The van der Waals surface area contributed by atoms with Gasteiger partial charge in [0, 0.05) is 30.0 Å². The van der Waals surface area contributed by atoms with Crippen molar-refractivity contribution >= 4 is 0 Å². The normalized spacial score (nSPS) is 16.8. The summed E-state index contributed by atoms with van der Waals surface area (Å²) in [5.41, 5.74) is 3.78. The van der Waals surface area contributed by atoms with Crippen LogP contribution >= 0.6 is 0 Å². The summed E-state index contributed by atoms with van der Waals surface area (Å²) < 4.78 is 14.2. The fraction of sp³-hybridized carbons (Fsp3) is 0.421. The number of ether oxygens (including phenoxy) is 2. The van der Waals surface area contributed by atoms with Gasteiger partial charge in [0.25, 0.3) is 0 Å². The third kappa shape index (κ3) is 3.21. The van der Waals surface area contributed by atoms with Gasteiger partial charge in [0.1, 0.15) is 6.54 Å². The summed E-state index contributed by atoms with van der Waals surface area (Å²) in [7, 11) is 0. The van der Waals surface area contributed by atoms with Crippen molar-refractivity contribution in [3.63, 3.8) is 0 Å². The summed E-state index contributed by atoms with van der Waals surface area (Å²) in [6.07, 6.45) is 6.24. The number of hydrogen-bond donors (Lipinski definition) is 0. The van der Waals surface area contributed by atoms with Crippen molar-refractivity contribution in [2.24, 2.45) is 0 Å². The Labute approximate surface area is 132 Å². The van der Waals surface area contributed by atoms with Crippen LogP contribution in [0.15, 0.2) is 48.8 Å². The fourth-order valence-corrected chi connectivity index (χ4v) is 2.97. The molecule has 1 aromatic heterocycles. The molecule has 0 amide bonds. The largest absolute Gasteiger partial charge is 0.343 e. The maximum atomic E-state index is 5.98. The molecule has 0 atom stereocenters. The van der Waals surface area contributed by atoms with Gasteiger partial charge < -0.3 is 9.47 Å². The number of pyridine rings is 1. The van der Waals surface area contributed by atoms with Crippen molar-refractivity contribution in [3.05, 3.63) is 65.5 Å². The smallest absolute Gasteiger partial charge is 0.195 e. The van der Waals surface area contributed by atoms with Crippen molar-refractivity contribution in [3.8, 4) is 0 Å². The number of aryl methyl sites for hydroxylation is 3. The topological polar surface area (TPSA) is 22.3 Å². The maximum absolute atomic E-state index is 5.98. The van der Waals surface area contributed by atoms with E-state index in [1.807, 2.05) is 18.2 Å². The van der Waals surface area contributed by atoms with Gasteiger partial charge >= 0.3 is 0 Å². The first-order chi connectivity index (χ1) is 10.7. The highest BCUT2D eigenvalue weighted by Gasteiger charge is 2.38. The highest BCUT2D eigenvalue weighted by molar-refractivity contribution is 5.21. The molecule has 0 bridgehead atoms. The molecule has 0 N–H and O–H groups in total. The molecule has 2 aromatic rings. The molecule has 3 heteroatoms. The summed E-state index contributed by atoms with van der Waals surface area (Å²) in [6, 6.07) is 12.5. The second-order valence-electron chi connectivity index (χ2n) is 5.97. The van der Waals surface area contributed by atoms with Crippen LogP contribution in [0.3, 0.4) is 0 Å². The molecule has 1 aliphatic rings. The molecule has 0 unspecified atom stereocenters. The minimum absolute atomic E-state index is 0.554. The Bertz CT molecular complexity index is 619. The third-order valence-electron chi connectivity index (χ3n) is 4.39. The van der Waals surface area contributed by atoms with Crippen molar-refractivity contribution < 1.29 is 14.0 Å². The van der Waals surface area contributed by atoms with Gasteiger partial charge in [-0.2, -0.15) is 0 Å². The molecule has 3 nitrogen and oxygen atoms in total. The van der Waals surface area contributed by atoms with Crippen molar-refractivity contribution in [1.82, 2.24) is 0 Å². The predicted molar refractivity (Wildman–Crippen MR) is 85.4 cm³/mol. The first-order valence-corrected chi connectivity index (χ1v) is 7.99. The van der Waals surface area contributed by atoms with Crippen molar-refractivity contribution in [2.75, 3.05) is 13.2 Å². The van der Waals surface area contributed by atoms with Gasteiger partial charge in [-0.25, -0.2) is 4.57 Å². The van der Waals surface area contributed by atoms with Gasteiger partial charge in [-0.3, -0.25) is 0 Å². The van der Waals surface area contributed by atoms with E-state index in [-0.39, 0.29) is 0 Å². The zero-order chi connectivity index (χ0) is 15.4. The van der Waals surface area contributed by atoms with E-state index < -0.39 is 5.79 Å². The quantitative estimate of drug-likeness (QED) is 0.791. The predicted octanol–water partition coefficient (Wildman–Crippen LogP) is 3.27. The molecule has 1 fully saturated rings. The first kappa shape index (κ1) is 15.2. The molecule has 1 aliphatic heterocycles. The molecule has 2 heterocycles. The Balaban J connectivity index is 1.66. The molecular weight excluding hydrogens is 274 g/mol. The SMILES string of the molecule is Cc1cc[n+](CCCC2(c3ccccc3)OCCO2)cc1C. The van der Waals surface area contributed by atoms with Crippen LogP contribution in [0.4, 0.5) is 0 Å². The Morgan fingerprint density at radius 2 is 1.73 bits per heavy atom. The number of aromatic nitrogens is 1. The molecule has 1 aromatic carbocycles. The van der Waals surface area contributed by atoms with Gasteiger partial charge in [-0.1, -0.05) is 30.3 Å². The van der Waals surface area contributed by atoms with E-state index in [1.165, 1.54) is 11.1 Å². The van der Waals surface area contributed by atoms with E-state index in [2.05, 4.69) is 49.0 Å². The van der Waals surface area contributed by atoms with Crippen LogP contribution in [0.1, 0.15) is 29.5 Å². The lowest BCUT2D eigenvalue weighted by Crippen LogP contribution is -2.35. The molecule has 0 aliphatic carbocycles. The van der Waals surface area contributed by atoms with Gasteiger partial charge in [0.2, 0.25) is 0 Å². The zero-order valence-electron chi connectivity index (χ0n) is 13.4. The molecule has 1 saturated heterocycles. The summed E-state index contributed by atoms with van der Waals surface area (Å²) in [5.74, 6) is -0.554. The van der Waals surface area contributed by atoms with E-state index in [9.17, 15) is 0 Å². The third-order valence-corrected chi connectivity index (χ3v) is 4.39. The molecule has 0 saturated carbocycles. The number of nitrogens with zero attached hydrogens (tertiary/aromatic N) is 1.